The lowest BCUT2D eigenvalue weighted by atomic mass is 10.0. The van der Waals surface area contributed by atoms with Crippen LogP contribution in [0.3, 0.4) is 0 Å². The molecule has 3 nitrogen and oxygen atoms in total. The summed E-state index contributed by atoms with van der Waals surface area (Å²) < 4.78 is 12.9. The molecule has 20 heavy (non-hydrogen) atoms. The number of amides is 1. The van der Waals surface area contributed by atoms with E-state index < -0.39 is 0 Å². The molecule has 1 amide bonds. The van der Waals surface area contributed by atoms with Crippen LogP contribution < -0.4 is 5.73 Å². The van der Waals surface area contributed by atoms with E-state index in [-0.39, 0.29) is 17.8 Å². The first kappa shape index (κ1) is 14.7. The van der Waals surface area contributed by atoms with E-state index in [2.05, 4.69) is 0 Å². The molecule has 2 rings (SSSR count). The quantitative estimate of drug-likeness (QED) is 0.862. The van der Waals surface area contributed by atoms with Gasteiger partial charge in [-0.2, -0.15) is 0 Å². The fourth-order valence-electron chi connectivity index (χ4n) is 2.61. The van der Waals surface area contributed by atoms with Crippen LogP contribution in [-0.4, -0.2) is 29.9 Å². The molecular weight excluding hydrogens is 255 g/mol. The number of benzene rings is 1. The molecule has 0 radical (unpaired) electrons. The first-order valence-electron chi connectivity index (χ1n) is 7.06. The molecule has 0 bridgehead atoms. The van der Waals surface area contributed by atoms with E-state index in [0.29, 0.717) is 12.1 Å². The summed E-state index contributed by atoms with van der Waals surface area (Å²) in [6, 6.07) is 6.28. The van der Waals surface area contributed by atoms with Crippen molar-refractivity contribution >= 4 is 12.0 Å². The predicted octanol–water partition coefficient (Wildman–Crippen LogP) is 2.57. The van der Waals surface area contributed by atoms with Crippen LogP contribution in [0.1, 0.15) is 31.7 Å². The zero-order valence-electron chi connectivity index (χ0n) is 11.8. The van der Waals surface area contributed by atoms with Crippen LogP contribution in [0.2, 0.25) is 0 Å². The van der Waals surface area contributed by atoms with Crippen LogP contribution in [0.25, 0.3) is 6.08 Å². The molecular formula is C16H21FN2O. The van der Waals surface area contributed by atoms with Crippen molar-refractivity contribution in [3.8, 4) is 0 Å². The molecule has 1 heterocycles. The number of likely N-dealkylation sites (tertiary alicyclic amines) is 1. The largest absolute Gasteiger partial charge is 0.335 e. The summed E-state index contributed by atoms with van der Waals surface area (Å²) >= 11 is 0. The van der Waals surface area contributed by atoms with E-state index in [4.69, 9.17) is 5.73 Å². The number of carbonyl (C=O) groups is 1. The number of rotatable bonds is 3. The lowest BCUT2D eigenvalue weighted by Gasteiger charge is -2.35. The van der Waals surface area contributed by atoms with Crippen molar-refractivity contribution < 1.29 is 9.18 Å². The van der Waals surface area contributed by atoms with Gasteiger partial charge < -0.3 is 10.6 Å². The summed E-state index contributed by atoms with van der Waals surface area (Å²) in [4.78, 5) is 14.3. The van der Waals surface area contributed by atoms with E-state index in [1.54, 1.807) is 25.1 Å². The van der Waals surface area contributed by atoms with E-state index in [9.17, 15) is 9.18 Å². The highest BCUT2D eigenvalue weighted by molar-refractivity contribution is 5.97. The van der Waals surface area contributed by atoms with Gasteiger partial charge >= 0.3 is 0 Å². The van der Waals surface area contributed by atoms with Gasteiger partial charge in [0.05, 0.1) is 0 Å². The molecule has 1 aromatic rings. The predicted molar refractivity (Wildman–Crippen MR) is 78.5 cm³/mol. The van der Waals surface area contributed by atoms with Gasteiger partial charge in [0.15, 0.2) is 0 Å². The van der Waals surface area contributed by atoms with Gasteiger partial charge in [0.2, 0.25) is 5.91 Å². The maximum Gasteiger partial charge on any atom is 0.249 e. The van der Waals surface area contributed by atoms with Crippen molar-refractivity contribution in [1.82, 2.24) is 4.90 Å². The Balaban J connectivity index is 2.12. The lowest BCUT2D eigenvalue weighted by Crippen LogP contribution is -2.47. The van der Waals surface area contributed by atoms with Crippen LogP contribution in [-0.2, 0) is 4.79 Å². The first-order chi connectivity index (χ1) is 9.61. The number of hydrogen-bond acceptors (Lipinski definition) is 2. The van der Waals surface area contributed by atoms with Gasteiger partial charge in [0.25, 0.3) is 0 Å². The van der Waals surface area contributed by atoms with Gasteiger partial charge in [-0.05, 0) is 50.0 Å². The number of hydrogen-bond donors (Lipinski definition) is 1. The minimum Gasteiger partial charge on any atom is -0.335 e. The minimum absolute atomic E-state index is 0.0319. The number of carbonyl (C=O) groups excluding carboxylic acids is 1. The Kier molecular flexibility index (Phi) is 4.90. The Hall–Kier alpha value is -1.68. The Morgan fingerprint density at radius 1 is 1.40 bits per heavy atom. The number of nitrogens with zero attached hydrogens (tertiary/aromatic N) is 1. The van der Waals surface area contributed by atoms with Crippen molar-refractivity contribution in [1.29, 1.82) is 0 Å². The number of halogens is 1. The first-order valence-corrected chi connectivity index (χ1v) is 7.06. The highest BCUT2D eigenvalue weighted by Gasteiger charge is 2.26. The molecule has 1 saturated heterocycles. The van der Waals surface area contributed by atoms with Gasteiger partial charge in [-0.25, -0.2) is 4.39 Å². The van der Waals surface area contributed by atoms with Crippen molar-refractivity contribution in [2.24, 2.45) is 5.73 Å². The highest BCUT2D eigenvalue weighted by atomic mass is 19.1. The maximum atomic E-state index is 12.9. The van der Waals surface area contributed by atoms with Gasteiger partial charge in [-0.15, -0.1) is 0 Å². The monoisotopic (exact) mass is 276 g/mol. The van der Waals surface area contributed by atoms with E-state index >= 15 is 0 Å². The zero-order valence-corrected chi connectivity index (χ0v) is 11.8. The molecule has 4 heteroatoms. The van der Waals surface area contributed by atoms with Crippen LogP contribution in [0.5, 0.6) is 0 Å². The van der Waals surface area contributed by atoms with Crippen LogP contribution in [0, 0.1) is 5.82 Å². The minimum atomic E-state index is -0.273. The summed E-state index contributed by atoms with van der Waals surface area (Å²) in [5.41, 5.74) is 7.24. The Labute approximate surface area is 119 Å². The SMILES string of the molecule is C/C(=C\c1ccc(F)cc1)C(=O)N1CCCC[C@@H]1CN. The van der Waals surface area contributed by atoms with Gasteiger partial charge in [0, 0.05) is 24.7 Å². The summed E-state index contributed by atoms with van der Waals surface area (Å²) in [6.45, 7) is 3.08. The van der Waals surface area contributed by atoms with E-state index in [1.165, 1.54) is 12.1 Å². The molecule has 1 fully saturated rings. The second-order valence-corrected chi connectivity index (χ2v) is 5.26. The highest BCUT2D eigenvalue weighted by Crippen LogP contribution is 2.19. The molecule has 0 spiro atoms. The summed E-state index contributed by atoms with van der Waals surface area (Å²) in [6.07, 6.45) is 4.94. The summed E-state index contributed by atoms with van der Waals surface area (Å²) in [5, 5.41) is 0. The average molecular weight is 276 g/mol. The standard InChI is InChI=1S/C16H21FN2O/c1-12(10-13-5-7-14(17)8-6-13)16(20)19-9-3-2-4-15(19)11-18/h5-8,10,15H,2-4,9,11,18H2,1H3/b12-10+/t15-/m1/s1. The molecule has 1 atom stereocenters. The fraction of sp³-hybridized carbons (Fsp3) is 0.438. The molecule has 0 unspecified atom stereocenters. The normalized spacial score (nSPS) is 20.1. The van der Waals surface area contributed by atoms with Crippen LogP contribution in [0.15, 0.2) is 29.8 Å². The molecule has 1 aliphatic heterocycles. The topological polar surface area (TPSA) is 46.3 Å². The van der Waals surface area contributed by atoms with Gasteiger partial charge in [-0.1, -0.05) is 12.1 Å². The molecule has 2 N–H and O–H groups in total. The third-order valence-electron chi connectivity index (χ3n) is 3.75. The van der Waals surface area contributed by atoms with Crippen molar-refractivity contribution in [2.45, 2.75) is 32.2 Å². The van der Waals surface area contributed by atoms with E-state index in [1.807, 2.05) is 4.90 Å². The van der Waals surface area contributed by atoms with Crippen molar-refractivity contribution in [3.63, 3.8) is 0 Å². The number of piperidine rings is 1. The Morgan fingerprint density at radius 3 is 2.75 bits per heavy atom. The van der Waals surface area contributed by atoms with Crippen LogP contribution in [0.4, 0.5) is 4.39 Å². The Bertz CT molecular complexity index is 496. The zero-order chi connectivity index (χ0) is 14.5. The third-order valence-corrected chi connectivity index (χ3v) is 3.75. The average Bonchev–Trinajstić information content (AvgIpc) is 2.48. The molecule has 1 aliphatic rings. The summed E-state index contributed by atoms with van der Waals surface area (Å²) in [7, 11) is 0. The second-order valence-electron chi connectivity index (χ2n) is 5.26. The molecule has 0 saturated carbocycles. The summed E-state index contributed by atoms with van der Waals surface area (Å²) in [5.74, 6) is -0.241. The molecule has 0 aliphatic carbocycles. The lowest BCUT2D eigenvalue weighted by molar-refractivity contribution is -0.130. The molecule has 1 aromatic carbocycles. The fourth-order valence-corrected chi connectivity index (χ4v) is 2.61. The molecule has 0 aromatic heterocycles. The van der Waals surface area contributed by atoms with Crippen molar-refractivity contribution in [2.75, 3.05) is 13.1 Å². The smallest absolute Gasteiger partial charge is 0.249 e. The second kappa shape index (κ2) is 6.66. The Morgan fingerprint density at radius 2 is 2.10 bits per heavy atom. The van der Waals surface area contributed by atoms with Crippen molar-refractivity contribution in [3.05, 3.63) is 41.2 Å². The number of nitrogens with two attached hydrogens (primary N) is 1. The van der Waals surface area contributed by atoms with Gasteiger partial charge in [0.1, 0.15) is 5.82 Å². The van der Waals surface area contributed by atoms with Gasteiger partial charge in [-0.3, -0.25) is 4.79 Å². The maximum absolute atomic E-state index is 12.9. The van der Waals surface area contributed by atoms with E-state index in [0.717, 1.165) is 31.4 Å². The third kappa shape index (κ3) is 3.45. The van der Waals surface area contributed by atoms with Crippen LogP contribution >= 0.6 is 0 Å². The molecule has 108 valence electrons.